The summed E-state index contributed by atoms with van der Waals surface area (Å²) < 4.78 is 0. The van der Waals surface area contributed by atoms with E-state index in [0.717, 1.165) is 30.9 Å². The number of rotatable bonds is 7. The Morgan fingerprint density at radius 3 is 2.60 bits per heavy atom. The highest BCUT2D eigenvalue weighted by atomic mass is 14.9. The number of benzene rings is 1. The lowest BCUT2D eigenvalue weighted by molar-refractivity contribution is 0.453. The molecule has 1 N–H and O–H groups in total. The first-order valence-corrected chi connectivity index (χ1v) is 7.70. The van der Waals surface area contributed by atoms with Crippen molar-refractivity contribution in [1.82, 2.24) is 10.3 Å². The summed E-state index contributed by atoms with van der Waals surface area (Å²) in [4.78, 5) is 4.74. The first-order chi connectivity index (χ1) is 9.65. The molecule has 108 valence electrons. The molecule has 1 unspecified atom stereocenters. The molecule has 0 aliphatic heterocycles. The molecule has 2 aromatic rings. The molecule has 20 heavy (non-hydrogen) atoms. The van der Waals surface area contributed by atoms with Gasteiger partial charge in [0.2, 0.25) is 0 Å². The van der Waals surface area contributed by atoms with E-state index in [1.165, 1.54) is 17.5 Å². The summed E-state index contributed by atoms with van der Waals surface area (Å²) in [5.74, 6) is 1.42. The molecule has 2 rings (SSSR count). The van der Waals surface area contributed by atoms with E-state index >= 15 is 0 Å². The number of hydrogen-bond acceptors (Lipinski definition) is 2. The van der Waals surface area contributed by atoms with Crippen LogP contribution in [0.15, 0.2) is 36.4 Å². The lowest BCUT2D eigenvalue weighted by Crippen LogP contribution is -2.25. The van der Waals surface area contributed by atoms with Crippen LogP contribution in [0.2, 0.25) is 0 Å². The Morgan fingerprint density at radius 1 is 1.00 bits per heavy atom. The third kappa shape index (κ3) is 4.61. The number of fused-ring (bicyclic) bond motifs is 1. The number of pyridine rings is 1. The molecule has 0 fully saturated rings. The van der Waals surface area contributed by atoms with Crippen LogP contribution in [0.4, 0.5) is 0 Å². The zero-order valence-corrected chi connectivity index (χ0v) is 12.9. The zero-order valence-electron chi connectivity index (χ0n) is 12.9. The van der Waals surface area contributed by atoms with Crippen LogP contribution in [0.5, 0.6) is 0 Å². The van der Waals surface area contributed by atoms with Gasteiger partial charge in [0, 0.05) is 11.1 Å². The molecule has 1 heterocycles. The molecule has 0 spiro atoms. The largest absolute Gasteiger partial charge is 0.316 e. The molecule has 0 saturated heterocycles. The molecule has 1 aromatic carbocycles. The van der Waals surface area contributed by atoms with Gasteiger partial charge in [-0.3, -0.25) is 4.98 Å². The molecule has 2 heteroatoms. The third-order valence-corrected chi connectivity index (χ3v) is 3.59. The number of nitrogens with one attached hydrogen (secondary N) is 1. The average Bonchev–Trinajstić information content (AvgIpc) is 2.44. The van der Waals surface area contributed by atoms with Crippen LogP contribution < -0.4 is 5.32 Å². The van der Waals surface area contributed by atoms with Crippen molar-refractivity contribution in [2.75, 3.05) is 13.1 Å². The molecule has 0 aliphatic carbocycles. The predicted octanol–water partition coefficient (Wildman–Crippen LogP) is 4.05. The van der Waals surface area contributed by atoms with E-state index in [1.54, 1.807) is 0 Å². The van der Waals surface area contributed by atoms with Crippen LogP contribution in [0.3, 0.4) is 0 Å². The molecule has 0 aliphatic rings. The SMILES string of the molecule is CC(C)CNCC(C)CCc1ccc2ccccc2n1. The summed E-state index contributed by atoms with van der Waals surface area (Å²) in [7, 11) is 0. The van der Waals surface area contributed by atoms with E-state index in [1.807, 2.05) is 0 Å². The van der Waals surface area contributed by atoms with Crippen LogP contribution in [0.25, 0.3) is 10.9 Å². The monoisotopic (exact) mass is 270 g/mol. The van der Waals surface area contributed by atoms with E-state index in [9.17, 15) is 0 Å². The van der Waals surface area contributed by atoms with Crippen LogP contribution in [0, 0.1) is 11.8 Å². The highest BCUT2D eigenvalue weighted by Crippen LogP contribution is 2.14. The van der Waals surface area contributed by atoms with Crippen LogP contribution in [-0.4, -0.2) is 18.1 Å². The van der Waals surface area contributed by atoms with Crippen molar-refractivity contribution in [2.45, 2.75) is 33.6 Å². The van der Waals surface area contributed by atoms with Gasteiger partial charge in [-0.15, -0.1) is 0 Å². The van der Waals surface area contributed by atoms with Crippen molar-refractivity contribution in [3.63, 3.8) is 0 Å². The maximum Gasteiger partial charge on any atom is 0.0705 e. The second-order valence-electron chi connectivity index (χ2n) is 6.19. The van der Waals surface area contributed by atoms with Gasteiger partial charge < -0.3 is 5.32 Å². The van der Waals surface area contributed by atoms with E-state index in [0.29, 0.717) is 5.92 Å². The average molecular weight is 270 g/mol. The Hall–Kier alpha value is -1.41. The van der Waals surface area contributed by atoms with Crippen LogP contribution in [0.1, 0.15) is 32.9 Å². The molecule has 2 nitrogen and oxygen atoms in total. The van der Waals surface area contributed by atoms with Gasteiger partial charge in [0.15, 0.2) is 0 Å². The minimum absolute atomic E-state index is 0.696. The molecule has 1 aromatic heterocycles. The first-order valence-electron chi connectivity index (χ1n) is 7.70. The highest BCUT2D eigenvalue weighted by Gasteiger charge is 2.04. The maximum absolute atomic E-state index is 4.74. The number of aromatic nitrogens is 1. The molecule has 1 atom stereocenters. The summed E-state index contributed by atoms with van der Waals surface area (Å²) in [5, 5.41) is 4.75. The van der Waals surface area contributed by atoms with Crippen molar-refractivity contribution in [2.24, 2.45) is 11.8 Å². The molecule has 0 radical (unpaired) electrons. The fourth-order valence-electron chi connectivity index (χ4n) is 2.36. The van der Waals surface area contributed by atoms with Crippen LogP contribution >= 0.6 is 0 Å². The van der Waals surface area contributed by atoms with E-state index in [4.69, 9.17) is 4.98 Å². The Morgan fingerprint density at radius 2 is 1.80 bits per heavy atom. The summed E-state index contributed by atoms with van der Waals surface area (Å²) in [5.41, 5.74) is 2.31. The van der Waals surface area contributed by atoms with Gasteiger partial charge in [-0.25, -0.2) is 0 Å². The molecule has 0 amide bonds. The number of aryl methyl sites for hydroxylation is 1. The number of hydrogen-bond donors (Lipinski definition) is 1. The van der Waals surface area contributed by atoms with Gasteiger partial charge in [0.05, 0.1) is 5.52 Å². The summed E-state index contributed by atoms with van der Waals surface area (Å²) in [6.07, 6.45) is 2.26. The highest BCUT2D eigenvalue weighted by molar-refractivity contribution is 5.78. The van der Waals surface area contributed by atoms with E-state index in [2.05, 4.69) is 62.5 Å². The fourth-order valence-corrected chi connectivity index (χ4v) is 2.36. The Labute approximate surface area is 122 Å². The first kappa shape index (κ1) is 15.0. The Kier molecular flexibility index (Phi) is 5.54. The normalized spacial score (nSPS) is 13.0. The van der Waals surface area contributed by atoms with Gasteiger partial charge >= 0.3 is 0 Å². The minimum Gasteiger partial charge on any atom is -0.316 e. The molecule has 0 bridgehead atoms. The van der Waals surface area contributed by atoms with Gasteiger partial charge in [-0.1, -0.05) is 45.0 Å². The minimum atomic E-state index is 0.696. The van der Waals surface area contributed by atoms with Crippen molar-refractivity contribution in [1.29, 1.82) is 0 Å². The quantitative estimate of drug-likeness (QED) is 0.821. The standard InChI is InChI=1S/C18H26N2/c1-14(2)12-19-13-15(3)8-10-17-11-9-16-6-4-5-7-18(16)20-17/h4-7,9,11,14-15,19H,8,10,12-13H2,1-3H3. The van der Waals surface area contributed by atoms with Crippen LogP contribution in [-0.2, 0) is 6.42 Å². The second-order valence-corrected chi connectivity index (χ2v) is 6.19. The van der Waals surface area contributed by atoms with Gasteiger partial charge in [0.1, 0.15) is 0 Å². The maximum atomic E-state index is 4.74. The van der Waals surface area contributed by atoms with E-state index in [-0.39, 0.29) is 0 Å². The van der Waals surface area contributed by atoms with Gasteiger partial charge in [-0.2, -0.15) is 0 Å². The smallest absolute Gasteiger partial charge is 0.0705 e. The predicted molar refractivity (Wildman–Crippen MR) is 86.9 cm³/mol. The number of para-hydroxylation sites is 1. The van der Waals surface area contributed by atoms with Crippen molar-refractivity contribution >= 4 is 10.9 Å². The Balaban J connectivity index is 1.83. The topological polar surface area (TPSA) is 24.9 Å². The van der Waals surface area contributed by atoms with E-state index < -0.39 is 0 Å². The third-order valence-electron chi connectivity index (χ3n) is 3.59. The van der Waals surface area contributed by atoms with Crippen molar-refractivity contribution < 1.29 is 0 Å². The summed E-state index contributed by atoms with van der Waals surface area (Å²) in [6.45, 7) is 9.02. The molecular formula is C18H26N2. The Bertz CT molecular complexity index is 534. The lowest BCUT2D eigenvalue weighted by Gasteiger charge is -2.13. The molecule has 0 saturated carbocycles. The lowest BCUT2D eigenvalue weighted by atomic mass is 10.0. The summed E-state index contributed by atoms with van der Waals surface area (Å²) in [6, 6.07) is 12.7. The second kappa shape index (κ2) is 7.39. The zero-order chi connectivity index (χ0) is 14.4. The van der Waals surface area contributed by atoms with Gasteiger partial charge in [0.25, 0.3) is 0 Å². The molecular weight excluding hydrogens is 244 g/mol. The van der Waals surface area contributed by atoms with Crippen molar-refractivity contribution in [3.05, 3.63) is 42.1 Å². The number of nitrogens with zero attached hydrogens (tertiary/aromatic N) is 1. The summed E-state index contributed by atoms with van der Waals surface area (Å²) >= 11 is 0. The van der Waals surface area contributed by atoms with Crippen molar-refractivity contribution in [3.8, 4) is 0 Å². The van der Waals surface area contributed by atoms with Gasteiger partial charge in [-0.05, 0) is 49.9 Å². The fraction of sp³-hybridized carbons (Fsp3) is 0.500.